The average Bonchev–Trinajstić information content (AvgIpc) is 3.18. The molecule has 1 aliphatic heterocycles. The first-order chi connectivity index (χ1) is 16.8. The highest BCUT2D eigenvalue weighted by molar-refractivity contribution is 5.86. The molecule has 4 rings (SSSR count). The van der Waals surface area contributed by atoms with Crippen LogP contribution in [-0.2, 0) is 14.3 Å². The third kappa shape index (κ3) is 5.65. The molecule has 35 heavy (non-hydrogen) atoms. The average molecular weight is 480 g/mol. The zero-order valence-electron chi connectivity index (χ0n) is 20.3. The smallest absolute Gasteiger partial charge is 0.407 e. The van der Waals surface area contributed by atoms with Gasteiger partial charge in [-0.05, 0) is 62.2 Å². The third-order valence-corrected chi connectivity index (χ3v) is 6.88. The maximum Gasteiger partial charge on any atom is 0.407 e. The number of carboxylic acid groups (broad SMARTS) is 1. The Labute approximate surface area is 205 Å². The first kappa shape index (κ1) is 24.7. The number of carbonyl (C=O) groups is 3. The molecule has 2 aromatic carbocycles. The summed E-state index contributed by atoms with van der Waals surface area (Å²) in [7, 11) is 3.80. The summed E-state index contributed by atoms with van der Waals surface area (Å²) in [4.78, 5) is 41.0. The number of carboxylic acids is 1. The van der Waals surface area contributed by atoms with E-state index in [1.807, 2.05) is 43.3 Å². The summed E-state index contributed by atoms with van der Waals surface area (Å²) < 4.78 is 5.65. The van der Waals surface area contributed by atoms with E-state index in [2.05, 4.69) is 29.6 Å². The molecule has 1 aliphatic carbocycles. The number of hydrogen-bond donors (Lipinski definition) is 2. The Hall–Kier alpha value is -3.39. The standard InChI is InChI=1S/C27H33N3O5/c1-29(2)15-13-24(25(31)30-14-7-8-18(16-30)26(32)33)28-27(34)35-17-23-21-11-5-3-9-19(21)20-10-4-6-12-22(20)23/h3-6,9-12,18,23-24H,7-8,13-17H2,1-2H3,(H,28,34)(H,32,33)/t18-,24?/m1/s1. The monoisotopic (exact) mass is 479 g/mol. The van der Waals surface area contributed by atoms with Gasteiger partial charge in [0.05, 0.1) is 5.92 Å². The van der Waals surface area contributed by atoms with Gasteiger partial charge in [-0.25, -0.2) is 4.79 Å². The fraction of sp³-hybridized carbons (Fsp3) is 0.444. The van der Waals surface area contributed by atoms with E-state index in [9.17, 15) is 19.5 Å². The molecule has 186 valence electrons. The van der Waals surface area contributed by atoms with Crippen LogP contribution in [0.4, 0.5) is 4.79 Å². The molecular formula is C27H33N3O5. The van der Waals surface area contributed by atoms with E-state index in [0.29, 0.717) is 32.4 Å². The molecule has 0 radical (unpaired) electrons. The number of amides is 2. The topological polar surface area (TPSA) is 99.2 Å². The van der Waals surface area contributed by atoms with E-state index < -0.39 is 24.0 Å². The predicted molar refractivity (Wildman–Crippen MR) is 132 cm³/mol. The van der Waals surface area contributed by atoms with Gasteiger partial charge in [0.2, 0.25) is 5.91 Å². The summed E-state index contributed by atoms with van der Waals surface area (Å²) in [5.41, 5.74) is 4.54. The molecule has 1 fully saturated rings. The van der Waals surface area contributed by atoms with Gasteiger partial charge in [-0.1, -0.05) is 48.5 Å². The number of likely N-dealkylation sites (tertiary alicyclic amines) is 1. The highest BCUT2D eigenvalue weighted by atomic mass is 16.5. The summed E-state index contributed by atoms with van der Waals surface area (Å²) >= 11 is 0. The third-order valence-electron chi connectivity index (χ3n) is 6.88. The number of piperidine rings is 1. The zero-order chi connectivity index (χ0) is 24.9. The van der Waals surface area contributed by atoms with Crippen LogP contribution in [0.1, 0.15) is 36.3 Å². The molecule has 8 heteroatoms. The Kier molecular flexibility index (Phi) is 7.70. The maximum absolute atomic E-state index is 13.2. The normalized spacial score (nSPS) is 18.0. The Morgan fingerprint density at radius 2 is 1.71 bits per heavy atom. The Bertz CT molecular complexity index is 1040. The molecule has 2 aromatic rings. The van der Waals surface area contributed by atoms with Gasteiger partial charge in [0.15, 0.2) is 0 Å². The molecule has 1 unspecified atom stereocenters. The van der Waals surface area contributed by atoms with E-state index in [4.69, 9.17) is 4.74 Å². The molecule has 1 saturated heterocycles. The van der Waals surface area contributed by atoms with Crippen LogP contribution in [-0.4, -0.2) is 79.3 Å². The van der Waals surface area contributed by atoms with Crippen LogP contribution < -0.4 is 5.32 Å². The number of ether oxygens (including phenoxy) is 1. The number of benzene rings is 2. The van der Waals surface area contributed by atoms with Crippen LogP contribution in [0.3, 0.4) is 0 Å². The predicted octanol–water partition coefficient (Wildman–Crippen LogP) is 3.17. The summed E-state index contributed by atoms with van der Waals surface area (Å²) in [5, 5.41) is 12.1. The Balaban J connectivity index is 1.42. The molecule has 2 N–H and O–H groups in total. The molecule has 0 aromatic heterocycles. The summed E-state index contributed by atoms with van der Waals surface area (Å²) in [5.74, 6) is -1.79. The van der Waals surface area contributed by atoms with Crippen molar-refractivity contribution < 1.29 is 24.2 Å². The molecule has 8 nitrogen and oxygen atoms in total. The van der Waals surface area contributed by atoms with E-state index >= 15 is 0 Å². The molecule has 2 aliphatic rings. The molecule has 1 heterocycles. The largest absolute Gasteiger partial charge is 0.481 e. The lowest BCUT2D eigenvalue weighted by Gasteiger charge is -2.33. The quantitative estimate of drug-likeness (QED) is 0.604. The second-order valence-electron chi connectivity index (χ2n) is 9.58. The van der Waals surface area contributed by atoms with Crippen molar-refractivity contribution >= 4 is 18.0 Å². The van der Waals surface area contributed by atoms with Gasteiger partial charge in [0.1, 0.15) is 12.6 Å². The van der Waals surface area contributed by atoms with Crippen LogP contribution in [0, 0.1) is 5.92 Å². The van der Waals surface area contributed by atoms with Crippen molar-refractivity contribution in [3.63, 3.8) is 0 Å². The van der Waals surface area contributed by atoms with Gasteiger partial charge >= 0.3 is 12.1 Å². The number of nitrogens with one attached hydrogen (secondary N) is 1. The van der Waals surface area contributed by atoms with Crippen LogP contribution in [0.5, 0.6) is 0 Å². The number of fused-ring (bicyclic) bond motifs is 3. The second kappa shape index (κ2) is 10.9. The van der Waals surface area contributed by atoms with E-state index in [-0.39, 0.29) is 25.0 Å². The van der Waals surface area contributed by atoms with Gasteiger partial charge in [0, 0.05) is 19.0 Å². The Morgan fingerprint density at radius 3 is 2.31 bits per heavy atom. The van der Waals surface area contributed by atoms with E-state index in [1.165, 1.54) is 0 Å². The first-order valence-electron chi connectivity index (χ1n) is 12.1. The van der Waals surface area contributed by atoms with Crippen molar-refractivity contribution in [2.24, 2.45) is 5.92 Å². The molecule has 2 amide bonds. The summed E-state index contributed by atoms with van der Waals surface area (Å²) in [6.45, 7) is 1.42. The van der Waals surface area contributed by atoms with Crippen LogP contribution in [0.2, 0.25) is 0 Å². The number of rotatable bonds is 8. The maximum atomic E-state index is 13.2. The zero-order valence-corrected chi connectivity index (χ0v) is 20.3. The molecule has 0 spiro atoms. The van der Waals surface area contributed by atoms with Crippen molar-refractivity contribution in [3.05, 3.63) is 59.7 Å². The number of hydrogen-bond acceptors (Lipinski definition) is 5. The lowest BCUT2D eigenvalue weighted by Crippen LogP contribution is -2.53. The Morgan fingerprint density at radius 1 is 1.09 bits per heavy atom. The van der Waals surface area contributed by atoms with Gasteiger partial charge in [0.25, 0.3) is 0 Å². The minimum atomic E-state index is -0.892. The highest BCUT2D eigenvalue weighted by Crippen LogP contribution is 2.44. The molecule has 0 bridgehead atoms. The molecular weight excluding hydrogens is 446 g/mol. The number of alkyl carbamates (subject to hydrolysis) is 1. The van der Waals surface area contributed by atoms with Crippen LogP contribution >= 0.6 is 0 Å². The van der Waals surface area contributed by atoms with Gasteiger partial charge in [-0.2, -0.15) is 0 Å². The van der Waals surface area contributed by atoms with E-state index in [1.54, 1.807) is 4.90 Å². The van der Waals surface area contributed by atoms with E-state index in [0.717, 1.165) is 22.3 Å². The van der Waals surface area contributed by atoms with Gasteiger partial charge in [-0.15, -0.1) is 0 Å². The molecule has 2 atom stereocenters. The van der Waals surface area contributed by atoms with Crippen LogP contribution in [0.15, 0.2) is 48.5 Å². The minimum Gasteiger partial charge on any atom is -0.481 e. The minimum absolute atomic E-state index is 0.0671. The number of carbonyl (C=O) groups excluding carboxylic acids is 2. The van der Waals surface area contributed by atoms with Gasteiger partial charge in [-0.3, -0.25) is 9.59 Å². The highest BCUT2D eigenvalue weighted by Gasteiger charge is 2.33. The van der Waals surface area contributed by atoms with Crippen molar-refractivity contribution in [2.45, 2.75) is 31.2 Å². The SMILES string of the molecule is CN(C)CCC(NC(=O)OCC1c2ccccc2-c2ccccc21)C(=O)N1CCC[C@@H](C(=O)O)C1. The second-order valence-corrected chi connectivity index (χ2v) is 9.58. The van der Waals surface area contributed by atoms with Crippen molar-refractivity contribution in [1.29, 1.82) is 0 Å². The number of aliphatic carboxylic acids is 1. The van der Waals surface area contributed by atoms with Gasteiger partial charge < -0.3 is 25.0 Å². The number of nitrogens with zero attached hydrogens (tertiary/aromatic N) is 2. The van der Waals surface area contributed by atoms with Crippen molar-refractivity contribution in [3.8, 4) is 11.1 Å². The fourth-order valence-electron chi connectivity index (χ4n) is 5.03. The summed E-state index contributed by atoms with van der Waals surface area (Å²) in [6, 6.07) is 15.5. The van der Waals surface area contributed by atoms with Crippen LogP contribution in [0.25, 0.3) is 11.1 Å². The summed E-state index contributed by atoms with van der Waals surface area (Å²) in [6.07, 6.45) is 0.954. The fourth-order valence-corrected chi connectivity index (χ4v) is 5.03. The molecule has 0 saturated carbocycles. The van der Waals surface area contributed by atoms with Crippen molar-refractivity contribution in [2.75, 3.05) is 40.3 Å². The first-order valence-corrected chi connectivity index (χ1v) is 12.1. The lowest BCUT2D eigenvalue weighted by atomic mass is 9.97. The lowest BCUT2D eigenvalue weighted by molar-refractivity contribution is -0.146. The van der Waals surface area contributed by atoms with Crippen molar-refractivity contribution in [1.82, 2.24) is 15.1 Å².